The zero-order valence-electron chi connectivity index (χ0n) is 11.9. The summed E-state index contributed by atoms with van der Waals surface area (Å²) in [6.45, 7) is 4.60. The summed E-state index contributed by atoms with van der Waals surface area (Å²) >= 11 is 3.06. The molecule has 1 unspecified atom stereocenters. The van der Waals surface area contributed by atoms with Gasteiger partial charge in [-0.15, -0.1) is 13.2 Å². The lowest BCUT2D eigenvalue weighted by atomic mass is 10.0. The van der Waals surface area contributed by atoms with Gasteiger partial charge in [0.2, 0.25) is 0 Å². The van der Waals surface area contributed by atoms with Crippen LogP contribution in [-0.4, -0.2) is 24.1 Å². The molecule has 0 radical (unpaired) electrons. The normalized spacial score (nSPS) is 13.5. The number of hydrogen-bond donors (Lipinski definition) is 2. The Labute approximate surface area is 130 Å². The zero-order chi connectivity index (χ0) is 16.0. The Balaban J connectivity index is 2.63. The number of halogens is 4. The van der Waals surface area contributed by atoms with Crippen LogP contribution in [0.4, 0.5) is 13.2 Å². The molecule has 0 spiro atoms. The fraction of sp³-hybridized carbons (Fsp3) is 0.571. The largest absolute Gasteiger partial charge is 0.573 e. The number of nitrogens with one attached hydrogen (secondary N) is 1. The van der Waals surface area contributed by atoms with Crippen molar-refractivity contribution in [3.63, 3.8) is 0 Å². The van der Waals surface area contributed by atoms with Crippen molar-refractivity contribution < 1.29 is 23.0 Å². The molecule has 1 atom stereocenters. The van der Waals surface area contributed by atoms with Gasteiger partial charge in [-0.25, -0.2) is 0 Å². The first kappa shape index (κ1) is 18.3. The Morgan fingerprint density at radius 3 is 2.48 bits per heavy atom. The lowest BCUT2D eigenvalue weighted by Crippen LogP contribution is -2.33. The van der Waals surface area contributed by atoms with Crippen molar-refractivity contribution in [2.24, 2.45) is 5.92 Å². The van der Waals surface area contributed by atoms with Crippen LogP contribution in [0.2, 0.25) is 0 Å². The molecule has 120 valence electrons. The van der Waals surface area contributed by atoms with Crippen molar-refractivity contribution in [2.75, 3.05) is 6.61 Å². The van der Waals surface area contributed by atoms with E-state index in [1.807, 2.05) is 0 Å². The molecular formula is C14H19BrF3NO2. The van der Waals surface area contributed by atoms with Gasteiger partial charge >= 0.3 is 6.36 Å². The molecule has 0 aliphatic carbocycles. The van der Waals surface area contributed by atoms with Gasteiger partial charge in [0, 0.05) is 12.6 Å². The lowest BCUT2D eigenvalue weighted by Gasteiger charge is -2.18. The topological polar surface area (TPSA) is 41.5 Å². The number of rotatable bonds is 7. The van der Waals surface area contributed by atoms with Gasteiger partial charge in [0.25, 0.3) is 0 Å². The Morgan fingerprint density at radius 1 is 1.33 bits per heavy atom. The molecule has 3 nitrogen and oxygen atoms in total. The predicted molar refractivity (Wildman–Crippen MR) is 78.0 cm³/mol. The summed E-state index contributed by atoms with van der Waals surface area (Å²) in [5.74, 6) is 0.177. The number of alkyl halides is 3. The first-order valence-electron chi connectivity index (χ1n) is 6.59. The highest BCUT2D eigenvalue weighted by atomic mass is 79.9. The van der Waals surface area contributed by atoms with Crippen molar-refractivity contribution in [3.8, 4) is 5.75 Å². The Kier molecular flexibility index (Phi) is 6.96. The van der Waals surface area contributed by atoms with Gasteiger partial charge in [-0.05, 0) is 46.0 Å². The number of aliphatic hydroxyl groups excluding tert-OH is 1. The van der Waals surface area contributed by atoms with Crippen LogP contribution in [-0.2, 0) is 6.54 Å². The van der Waals surface area contributed by atoms with E-state index < -0.39 is 6.36 Å². The van der Waals surface area contributed by atoms with E-state index >= 15 is 0 Å². The molecule has 1 aromatic rings. The average Bonchev–Trinajstić information content (AvgIpc) is 2.35. The van der Waals surface area contributed by atoms with E-state index in [1.165, 1.54) is 6.07 Å². The molecule has 0 aromatic heterocycles. The molecule has 1 aromatic carbocycles. The molecule has 0 amide bonds. The summed E-state index contributed by atoms with van der Waals surface area (Å²) in [6.07, 6.45) is -3.88. The van der Waals surface area contributed by atoms with Crippen LogP contribution in [0, 0.1) is 5.92 Å². The van der Waals surface area contributed by atoms with Crippen LogP contribution in [0.1, 0.15) is 25.8 Å². The van der Waals surface area contributed by atoms with Crippen LogP contribution in [0.25, 0.3) is 0 Å². The highest BCUT2D eigenvalue weighted by Gasteiger charge is 2.31. The molecule has 0 bridgehead atoms. The summed E-state index contributed by atoms with van der Waals surface area (Å²) in [4.78, 5) is 0. The average molecular weight is 370 g/mol. The van der Waals surface area contributed by atoms with E-state index in [1.54, 1.807) is 12.1 Å². The quantitative estimate of drug-likeness (QED) is 0.766. The summed E-state index contributed by atoms with van der Waals surface area (Å²) in [5.41, 5.74) is 0.804. The predicted octanol–water partition coefficient (Wildman–Crippen LogP) is 3.84. The summed E-state index contributed by atoms with van der Waals surface area (Å²) in [7, 11) is 0. The van der Waals surface area contributed by atoms with Crippen molar-refractivity contribution in [2.45, 2.75) is 39.2 Å². The molecule has 0 saturated carbocycles. The SMILES string of the molecule is CC(C)CC(CO)NCc1ccc(OC(F)(F)F)c(Br)c1. The second kappa shape index (κ2) is 8.00. The molecule has 21 heavy (non-hydrogen) atoms. The number of aliphatic hydroxyl groups is 1. The molecule has 2 N–H and O–H groups in total. The fourth-order valence-corrected chi connectivity index (χ4v) is 2.42. The first-order valence-corrected chi connectivity index (χ1v) is 7.39. The molecule has 0 saturated heterocycles. The summed E-state index contributed by atoms with van der Waals surface area (Å²) in [6, 6.07) is 4.36. The first-order chi connectivity index (χ1) is 9.71. The standard InChI is InChI=1S/C14H19BrF3NO2/c1-9(2)5-11(8-20)19-7-10-3-4-13(12(15)6-10)21-14(16,17)18/h3-4,6,9,11,19-20H,5,7-8H2,1-2H3. The Hall–Kier alpha value is -0.790. The second-order valence-corrected chi connectivity index (χ2v) is 6.06. The van der Waals surface area contributed by atoms with Crippen molar-refractivity contribution in [3.05, 3.63) is 28.2 Å². The molecule has 0 heterocycles. The minimum Gasteiger partial charge on any atom is -0.405 e. The van der Waals surface area contributed by atoms with Gasteiger partial charge < -0.3 is 15.2 Å². The maximum Gasteiger partial charge on any atom is 0.573 e. The monoisotopic (exact) mass is 369 g/mol. The third-order valence-electron chi connectivity index (χ3n) is 2.79. The second-order valence-electron chi connectivity index (χ2n) is 5.20. The Bertz CT molecular complexity index is 452. The summed E-state index contributed by atoms with van der Waals surface area (Å²) in [5, 5.41) is 12.4. The minimum atomic E-state index is -4.71. The third kappa shape index (κ3) is 7.15. The molecular weight excluding hydrogens is 351 g/mol. The van der Waals surface area contributed by atoms with E-state index in [9.17, 15) is 18.3 Å². The van der Waals surface area contributed by atoms with Crippen LogP contribution >= 0.6 is 15.9 Å². The van der Waals surface area contributed by atoms with Crippen LogP contribution < -0.4 is 10.1 Å². The van der Waals surface area contributed by atoms with E-state index in [0.717, 1.165) is 12.0 Å². The van der Waals surface area contributed by atoms with Gasteiger partial charge in [0.1, 0.15) is 5.75 Å². The summed E-state index contributed by atoms with van der Waals surface area (Å²) < 4.78 is 40.6. The number of benzene rings is 1. The van der Waals surface area contributed by atoms with E-state index in [4.69, 9.17) is 0 Å². The zero-order valence-corrected chi connectivity index (χ0v) is 13.5. The molecule has 0 aliphatic rings. The number of ether oxygens (including phenoxy) is 1. The van der Waals surface area contributed by atoms with E-state index in [0.29, 0.717) is 12.5 Å². The van der Waals surface area contributed by atoms with Crippen LogP contribution in [0.15, 0.2) is 22.7 Å². The van der Waals surface area contributed by atoms with Crippen LogP contribution in [0.3, 0.4) is 0 Å². The third-order valence-corrected chi connectivity index (χ3v) is 3.41. The smallest absolute Gasteiger partial charge is 0.405 e. The maximum atomic E-state index is 12.2. The number of hydrogen-bond acceptors (Lipinski definition) is 3. The van der Waals surface area contributed by atoms with Gasteiger partial charge in [-0.3, -0.25) is 0 Å². The van der Waals surface area contributed by atoms with Crippen molar-refractivity contribution in [1.82, 2.24) is 5.32 Å². The van der Waals surface area contributed by atoms with Gasteiger partial charge in [-0.1, -0.05) is 19.9 Å². The Morgan fingerprint density at radius 2 is 2.00 bits per heavy atom. The fourth-order valence-electron chi connectivity index (χ4n) is 1.92. The van der Waals surface area contributed by atoms with E-state index in [2.05, 4.69) is 39.8 Å². The lowest BCUT2D eigenvalue weighted by molar-refractivity contribution is -0.274. The minimum absolute atomic E-state index is 0.0224. The molecule has 7 heteroatoms. The van der Waals surface area contributed by atoms with Crippen LogP contribution in [0.5, 0.6) is 5.75 Å². The highest BCUT2D eigenvalue weighted by Crippen LogP contribution is 2.31. The van der Waals surface area contributed by atoms with Gasteiger partial charge in [-0.2, -0.15) is 0 Å². The van der Waals surface area contributed by atoms with Crippen molar-refractivity contribution >= 4 is 15.9 Å². The van der Waals surface area contributed by atoms with E-state index in [-0.39, 0.29) is 22.9 Å². The highest BCUT2D eigenvalue weighted by molar-refractivity contribution is 9.10. The molecule has 0 aliphatic heterocycles. The van der Waals surface area contributed by atoms with Gasteiger partial charge in [0.15, 0.2) is 0 Å². The molecule has 0 fully saturated rings. The molecule has 1 rings (SSSR count). The maximum absolute atomic E-state index is 12.2. The van der Waals surface area contributed by atoms with Crippen molar-refractivity contribution in [1.29, 1.82) is 0 Å². The van der Waals surface area contributed by atoms with Gasteiger partial charge in [0.05, 0.1) is 11.1 Å².